The number of halogens is 1. The van der Waals surface area contributed by atoms with Crippen LogP contribution in [0.1, 0.15) is 29.9 Å². The van der Waals surface area contributed by atoms with Crippen molar-refractivity contribution in [3.8, 4) is 11.5 Å². The van der Waals surface area contributed by atoms with Gasteiger partial charge < -0.3 is 9.73 Å². The van der Waals surface area contributed by atoms with E-state index < -0.39 is 21.5 Å². The molecule has 3 aromatic rings. The van der Waals surface area contributed by atoms with Crippen LogP contribution in [0.2, 0.25) is 5.02 Å². The molecule has 0 radical (unpaired) electrons. The van der Waals surface area contributed by atoms with Crippen molar-refractivity contribution in [2.45, 2.75) is 25.5 Å². The molecule has 0 unspecified atom stereocenters. The molecule has 3 rings (SSSR count). The lowest BCUT2D eigenvalue weighted by molar-refractivity contribution is -0.118. The third-order valence-electron chi connectivity index (χ3n) is 4.65. The SMILES string of the molecule is Cc1oc(-c2cccc(Cl)c2)nc1CS(=O)(=O)CC(=O)NC[C@@H](C)c1ccccc1. The van der Waals surface area contributed by atoms with Gasteiger partial charge >= 0.3 is 0 Å². The van der Waals surface area contributed by atoms with Gasteiger partial charge in [-0.1, -0.05) is 54.9 Å². The summed E-state index contributed by atoms with van der Waals surface area (Å²) in [5, 5.41) is 3.22. The highest BCUT2D eigenvalue weighted by Gasteiger charge is 2.22. The number of amides is 1. The Morgan fingerprint density at radius 1 is 1.17 bits per heavy atom. The van der Waals surface area contributed by atoms with Gasteiger partial charge in [0.2, 0.25) is 11.8 Å². The molecule has 0 saturated heterocycles. The Kier molecular flexibility index (Phi) is 6.95. The van der Waals surface area contributed by atoms with Crippen LogP contribution in [0, 0.1) is 6.92 Å². The average molecular weight is 447 g/mol. The van der Waals surface area contributed by atoms with Crippen molar-refractivity contribution in [3.63, 3.8) is 0 Å². The molecule has 1 amide bonds. The van der Waals surface area contributed by atoms with E-state index in [1.807, 2.05) is 37.3 Å². The molecular formula is C22H23ClN2O4S. The van der Waals surface area contributed by atoms with E-state index in [2.05, 4.69) is 10.3 Å². The summed E-state index contributed by atoms with van der Waals surface area (Å²) in [5.74, 6) is -0.740. The van der Waals surface area contributed by atoms with E-state index in [0.29, 0.717) is 28.8 Å². The maximum absolute atomic E-state index is 12.5. The Morgan fingerprint density at radius 2 is 1.90 bits per heavy atom. The normalized spacial score (nSPS) is 12.5. The monoisotopic (exact) mass is 446 g/mol. The number of aryl methyl sites for hydroxylation is 1. The van der Waals surface area contributed by atoms with E-state index in [0.717, 1.165) is 5.56 Å². The molecule has 158 valence electrons. The van der Waals surface area contributed by atoms with Crippen LogP contribution in [0.3, 0.4) is 0 Å². The molecule has 0 spiro atoms. The third kappa shape index (κ3) is 5.93. The first kappa shape index (κ1) is 22.1. The largest absolute Gasteiger partial charge is 0.441 e. The van der Waals surface area contributed by atoms with Crippen molar-refractivity contribution in [2.75, 3.05) is 12.3 Å². The van der Waals surface area contributed by atoms with Crippen molar-refractivity contribution in [1.29, 1.82) is 0 Å². The van der Waals surface area contributed by atoms with Crippen molar-refractivity contribution < 1.29 is 17.6 Å². The molecule has 2 aromatic carbocycles. The molecule has 8 heteroatoms. The number of carbonyl (C=O) groups excluding carboxylic acids is 1. The third-order valence-corrected chi connectivity index (χ3v) is 6.30. The van der Waals surface area contributed by atoms with E-state index in [1.165, 1.54) is 0 Å². The summed E-state index contributed by atoms with van der Waals surface area (Å²) < 4.78 is 30.6. The number of hydrogen-bond donors (Lipinski definition) is 1. The van der Waals surface area contributed by atoms with Crippen molar-refractivity contribution >= 4 is 27.3 Å². The summed E-state index contributed by atoms with van der Waals surface area (Å²) in [4.78, 5) is 16.5. The highest BCUT2D eigenvalue weighted by Crippen LogP contribution is 2.25. The van der Waals surface area contributed by atoms with Crippen LogP contribution in [-0.4, -0.2) is 31.6 Å². The topological polar surface area (TPSA) is 89.3 Å². The van der Waals surface area contributed by atoms with Gasteiger partial charge in [-0.05, 0) is 36.6 Å². The lowest BCUT2D eigenvalue weighted by Gasteiger charge is -2.13. The lowest BCUT2D eigenvalue weighted by Crippen LogP contribution is -2.33. The Bertz CT molecular complexity index is 1130. The molecule has 30 heavy (non-hydrogen) atoms. The predicted octanol–water partition coefficient (Wildman–Crippen LogP) is 4.14. The standard InChI is InChI=1S/C22H23ClN2O4S/c1-15(17-7-4-3-5-8-17)12-24-21(26)14-30(27,28)13-20-16(2)29-22(25-20)18-9-6-10-19(23)11-18/h3-11,15H,12-14H2,1-2H3,(H,24,26)/t15-/m1/s1. The lowest BCUT2D eigenvalue weighted by atomic mass is 10.0. The molecule has 0 saturated carbocycles. The second kappa shape index (κ2) is 9.45. The Labute approximate surface area is 181 Å². The summed E-state index contributed by atoms with van der Waals surface area (Å²) in [6, 6.07) is 16.7. The van der Waals surface area contributed by atoms with E-state index in [9.17, 15) is 13.2 Å². The molecule has 1 aromatic heterocycles. The van der Waals surface area contributed by atoms with Crippen molar-refractivity contribution in [1.82, 2.24) is 10.3 Å². The minimum absolute atomic E-state index is 0.0795. The van der Waals surface area contributed by atoms with Gasteiger partial charge in [0.25, 0.3) is 0 Å². The number of nitrogens with one attached hydrogen (secondary N) is 1. The highest BCUT2D eigenvalue weighted by atomic mass is 35.5. The number of rotatable bonds is 8. The number of carbonyl (C=O) groups is 1. The minimum Gasteiger partial charge on any atom is -0.441 e. The molecule has 1 heterocycles. The summed E-state index contributed by atoms with van der Waals surface area (Å²) in [5.41, 5.74) is 2.02. The molecule has 0 fully saturated rings. The highest BCUT2D eigenvalue weighted by molar-refractivity contribution is 7.91. The Morgan fingerprint density at radius 3 is 2.60 bits per heavy atom. The fourth-order valence-electron chi connectivity index (χ4n) is 2.98. The second-order valence-corrected chi connectivity index (χ2v) is 9.68. The fraction of sp³-hybridized carbons (Fsp3) is 0.273. The summed E-state index contributed by atoms with van der Waals surface area (Å²) >= 11 is 5.99. The first-order valence-corrected chi connectivity index (χ1v) is 11.7. The summed E-state index contributed by atoms with van der Waals surface area (Å²) in [6.45, 7) is 3.98. The van der Waals surface area contributed by atoms with Crippen LogP contribution in [0.15, 0.2) is 59.0 Å². The van der Waals surface area contributed by atoms with E-state index in [1.54, 1.807) is 31.2 Å². The van der Waals surface area contributed by atoms with Gasteiger partial charge in [-0.3, -0.25) is 4.79 Å². The quantitative estimate of drug-likeness (QED) is 0.561. The van der Waals surface area contributed by atoms with Crippen LogP contribution in [-0.2, 0) is 20.4 Å². The zero-order valence-electron chi connectivity index (χ0n) is 16.8. The molecular weight excluding hydrogens is 424 g/mol. The van der Waals surface area contributed by atoms with Crippen LogP contribution >= 0.6 is 11.6 Å². The average Bonchev–Trinajstić information content (AvgIpc) is 3.06. The van der Waals surface area contributed by atoms with E-state index in [-0.39, 0.29) is 17.4 Å². The zero-order valence-corrected chi connectivity index (χ0v) is 18.3. The summed E-state index contributed by atoms with van der Waals surface area (Å²) in [6.07, 6.45) is 0. The number of benzene rings is 2. The molecule has 6 nitrogen and oxygen atoms in total. The predicted molar refractivity (Wildman–Crippen MR) is 117 cm³/mol. The number of oxazole rings is 1. The van der Waals surface area contributed by atoms with Crippen LogP contribution in [0.5, 0.6) is 0 Å². The van der Waals surface area contributed by atoms with Crippen molar-refractivity contribution in [3.05, 3.63) is 76.6 Å². The maximum Gasteiger partial charge on any atom is 0.235 e. The second-order valence-electron chi connectivity index (χ2n) is 7.18. The summed E-state index contributed by atoms with van der Waals surface area (Å²) in [7, 11) is -3.71. The van der Waals surface area contributed by atoms with Gasteiger partial charge in [-0.25, -0.2) is 13.4 Å². The van der Waals surface area contributed by atoms with Gasteiger partial charge in [0.1, 0.15) is 11.5 Å². The Hall–Kier alpha value is -2.64. The van der Waals surface area contributed by atoms with Crippen LogP contribution < -0.4 is 5.32 Å². The molecule has 0 aliphatic heterocycles. The van der Waals surface area contributed by atoms with Crippen molar-refractivity contribution in [2.24, 2.45) is 0 Å². The first-order valence-electron chi connectivity index (χ1n) is 9.48. The number of hydrogen-bond acceptors (Lipinski definition) is 5. The number of aromatic nitrogens is 1. The van der Waals surface area contributed by atoms with E-state index in [4.69, 9.17) is 16.0 Å². The number of nitrogens with zero attached hydrogens (tertiary/aromatic N) is 1. The first-order chi connectivity index (χ1) is 14.2. The molecule has 1 N–H and O–H groups in total. The molecule has 0 bridgehead atoms. The Balaban J connectivity index is 1.60. The smallest absolute Gasteiger partial charge is 0.235 e. The van der Waals surface area contributed by atoms with Crippen LogP contribution in [0.4, 0.5) is 0 Å². The van der Waals surface area contributed by atoms with Crippen LogP contribution in [0.25, 0.3) is 11.5 Å². The van der Waals surface area contributed by atoms with Gasteiger partial charge in [0.15, 0.2) is 9.84 Å². The zero-order chi connectivity index (χ0) is 21.7. The van der Waals surface area contributed by atoms with Gasteiger partial charge in [0, 0.05) is 17.1 Å². The van der Waals surface area contributed by atoms with Gasteiger partial charge in [-0.15, -0.1) is 0 Å². The van der Waals surface area contributed by atoms with Gasteiger partial charge in [0.05, 0.1) is 11.4 Å². The number of sulfone groups is 1. The minimum atomic E-state index is -3.71. The molecule has 0 aliphatic rings. The molecule has 0 aliphatic carbocycles. The molecule has 1 atom stereocenters. The fourth-order valence-corrected chi connectivity index (χ4v) is 4.46. The van der Waals surface area contributed by atoms with Gasteiger partial charge in [-0.2, -0.15) is 0 Å². The van der Waals surface area contributed by atoms with E-state index >= 15 is 0 Å². The maximum atomic E-state index is 12.5.